The van der Waals surface area contributed by atoms with E-state index in [9.17, 15) is 10.2 Å². The van der Waals surface area contributed by atoms with Gasteiger partial charge in [-0.25, -0.2) is 0 Å². The molecule has 4 nitrogen and oxygen atoms in total. The van der Waals surface area contributed by atoms with Gasteiger partial charge in [0.25, 0.3) is 0 Å². The van der Waals surface area contributed by atoms with Gasteiger partial charge in [-0.2, -0.15) is 0 Å². The van der Waals surface area contributed by atoms with Gasteiger partial charge in [-0.05, 0) is 30.7 Å². The molecular formula is C11H16N2O2. The van der Waals surface area contributed by atoms with E-state index in [4.69, 9.17) is 5.73 Å². The standard InChI is InChI=1S/C11H16N2O2/c12-8-1-3-9(4-2-8)13-6-5-11(15)10(13)7-14/h1-4,10-11,14-15H,5-7,12H2. The van der Waals surface area contributed by atoms with Crippen molar-refractivity contribution >= 4 is 11.4 Å². The fourth-order valence-corrected chi connectivity index (χ4v) is 2.04. The van der Waals surface area contributed by atoms with Crippen LogP contribution in [0.15, 0.2) is 24.3 Å². The highest BCUT2D eigenvalue weighted by Gasteiger charge is 2.32. The minimum absolute atomic E-state index is 0.0223. The second-order valence-electron chi connectivity index (χ2n) is 3.89. The van der Waals surface area contributed by atoms with Crippen LogP contribution in [0.1, 0.15) is 6.42 Å². The molecule has 1 saturated heterocycles. The van der Waals surface area contributed by atoms with E-state index in [1.165, 1.54) is 0 Å². The van der Waals surface area contributed by atoms with E-state index >= 15 is 0 Å². The first-order valence-corrected chi connectivity index (χ1v) is 5.13. The smallest absolute Gasteiger partial charge is 0.0782 e. The van der Waals surface area contributed by atoms with Crippen molar-refractivity contribution in [2.75, 3.05) is 23.8 Å². The molecule has 1 aliphatic rings. The summed E-state index contributed by atoms with van der Waals surface area (Å²) in [6, 6.07) is 7.29. The Balaban J connectivity index is 2.20. The molecule has 2 unspecified atom stereocenters. The lowest BCUT2D eigenvalue weighted by molar-refractivity contribution is 0.128. The molecule has 0 aliphatic carbocycles. The number of nitrogens with zero attached hydrogens (tertiary/aromatic N) is 1. The van der Waals surface area contributed by atoms with Crippen LogP contribution >= 0.6 is 0 Å². The van der Waals surface area contributed by atoms with Crippen molar-refractivity contribution in [3.05, 3.63) is 24.3 Å². The summed E-state index contributed by atoms with van der Waals surface area (Å²) in [7, 11) is 0. The molecule has 0 radical (unpaired) electrons. The van der Waals surface area contributed by atoms with Crippen LogP contribution in [-0.2, 0) is 0 Å². The van der Waals surface area contributed by atoms with E-state index in [2.05, 4.69) is 0 Å². The van der Waals surface area contributed by atoms with Crippen molar-refractivity contribution in [1.82, 2.24) is 0 Å². The van der Waals surface area contributed by atoms with Crippen LogP contribution in [0.3, 0.4) is 0 Å². The van der Waals surface area contributed by atoms with E-state index in [0.717, 1.165) is 17.9 Å². The second kappa shape index (κ2) is 4.08. The van der Waals surface area contributed by atoms with Crippen LogP contribution in [0.4, 0.5) is 11.4 Å². The summed E-state index contributed by atoms with van der Waals surface area (Å²) in [5, 5.41) is 18.8. The summed E-state index contributed by atoms with van der Waals surface area (Å²) in [6.07, 6.45) is 0.267. The van der Waals surface area contributed by atoms with Gasteiger partial charge in [0.1, 0.15) is 0 Å². The van der Waals surface area contributed by atoms with Crippen molar-refractivity contribution in [3.63, 3.8) is 0 Å². The van der Waals surface area contributed by atoms with Crippen molar-refractivity contribution in [2.45, 2.75) is 18.6 Å². The van der Waals surface area contributed by atoms with E-state index in [1.54, 1.807) is 0 Å². The lowest BCUT2D eigenvalue weighted by Crippen LogP contribution is -2.38. The van der Waals surface area contributed by atoms with Gasteiger partial charge in [0, 0.05) is 17.9 Å². The number of aliphatic hydroxyl groups is 2. The van der Waals surface area contributed by atoms with Gasteiger partial charge in [-0.15, -0.1) is 0 Å². The molecule has 1 aromatic rings. The average Bonchev–Trinajstić information content (AvgIpc) is 2.61. The first kappa shape index (κ1) is 10.3. The van der Waals surface area contributed by atoms with Gasteiger partial charge in [0.2, 0.25) is 0 Å². The highest BCUT2D eigenvalue weighted by Crippen LogP contribution is 2.26. The van der Waals surface area contributed by atoms with Gasteiger partial charge >= 0.3 is 0 Å². The Labute approximate surface area is 88.9 Å². The first-order valence-electron chi connectivity index (χ1n) is 5.13. The Morgan fingerprint density at radius 3 is 2.60 bits per heavy atom. The molecule has 0 aromatic heterocycles. The summed E-state index contributed by atoms with van der Waals surface area (Å²) in [6.45, 7) is 0.752. The van der Waals surface area contributed by atoms with Gasteiger partial charge in [-0.1, -0.05) is 0 Å². The lowest BCUT2D eigenvalue weighted by Gasteiger charge is -2.26. The molecule has 0 bridgehead atoms. The number of anilines is 2. The van der Waals surface area contributed by atoms with Crippen LogP contribution in [0.2, 0.25) is 0 Å². The molecule has 0 amide bonds. The molecule has 82 valence electrons. The maximum absolute atomic E-state index is 9.65. The SMILES string of the molecule is Nc1ccc(N2CCC(O)C2CO)cc1. The predicted molar refractivity (Wildman–Crippen MR) is 59.7 cm³/mol. The number of nitrogens with two attached hydrogens (primary N) is 1. The summed E-state index contributed by atoms with van der Waals surface area (Å²) in [5.41, 5.74) is 7.32. The topological polar surface area (TPSA) is 69.7 Å². The number of hydrogen-bond acceptors (Lipinski definition) is 4. The van der Waals surface area contributed by atoms with E-state index in [1.807, 2.05) is 29.2 Å². The molecule has 1 fully saturated rings. The fourth-order valence-electron chi connectivity index (χ4n) is 2.04. The van der Waals surface area contributed by atoms with Crippen LogP contribution in [0, 0.1) is 0 Å². The zero-order chi connectivity index (χ0) is 10.8. The summed E-state index contributed by atoms with van der Waals surface area (Å²) in [5.74, 6) is 0. The third kappa shape index (κ3) is 1.91. The molecule has 1 aromatic carbocycles. The zero-order valence-corrected chi connectivity index (χ0v) is 8.50. The van der Waals surface area contributed by atoms with Crippen LogP contribution in [-0.4, -0.2) is 35.5 Å². The van der Waals surface area contributed by atoms with Crippen molar-refractivity contribution in [2.24, 2.45) is 0 Å². The molecule has 0 spiro atoms. The van der Waals surface area contributed by atoms with Crippen LogP contribution in [0.5, 0.6) is 0 Å². The molecule has 2 rings (SSSR count). The van der Waals surface area contributed by atoms with Crippen LogP contribution < -0.4 is 10.6 Å². The first-order chi connectivity index (χ1) is 7.22. The zero-order valence-electron chi connectivity index (χ0n) is 8.50. The van der Waals surface area contributed by atoms with Gasteiger partial charge in [0.15, 0.2) is 0 Å². The average molecular weight is 208 g/mol. The highest BCUT2D eigenvalue weighted by molar-refractivity contribution is 5.54. The fraction of sp³-hybridized carbons (Fsp3) is 0.455. The summed E-state index contributed by atoms with van der Waals surface area (Å²) in [4.78, 5) is 2.02. The Hall–Kier alpha value is -1.26. The Kier molecular flexibility index (Phi) is 2.79. The highest BCUT2D eigenvalue weighted by atomic mass is 16.3. The molecular weight excluding hydrogens is 192 g/mol. The summed E-state index contributed by atoms with van der Waals surface area (Å²) < 4.78 is 0. The van der Waals surface area contributed by atoms with Crippen molar-refractivity contribution < 1.29 is 10.2 Å². The van der Waals surface area contributed by atoms with E-state index in [-0.39, 0.29) is 12.6 Å². The molecule has 0 saturated carbocycles. The van der Waals surface area contributed by atoms with Gasteiger partial charge in [-0.3, -0.25) is 0 Å². The minimum Gasteiger partial charge on any atom is -0.399 e. The second-order valence-corrected chi connectivity index (χ2v) is 3.89. The van der Waals surface area contributed by atoms with Crippen molar-refractivity contribution in [3.8, 4) is 0 Å². The largest absolute Gasteiger partial charge is 0.399 e. The number of aliphatic hydroxyl groups excluding tert-OH is 2. The minimum atomic E-state index is -0.437. The predicted octanol–water partition coefficient (Wildman–Crippen LogP) is 0.201. The Morgan fingerprint density at radius 1 is 1.33 bits per heavy atom. The Bertz CT molecular complexity index is 326. The number of hydrogen-bond donors (Lipinski definition) is 3. The summed E-state index contributed by atoms with van der Waals surface area (Å²) >= 11 is 0. The molecule has 2 atom stereocenters. The number of benzene rings is 1. The maximum atomic E-state index is 9.65. The number of rotatable bonds is 2. The van der Waals surface area contributed by atoms with E-state index < -0.39 is 6.10 Å². The van der Waals surface area contributed by atoms with Gasteiger partial charge < -0.3 is 20.8 Å². The number of nitrogen functional groups attached to an aromatic ring is 1. The normalized spacial score (nSPS) is 25.9. The molecule has 1 aliphatic heterocycles. The third-order valence-electron chi connectivity index (χ3n) is 2.92. The molecule has 4 heteroatoms. The lowest BCUT2D eigenvalue weighted by atomic mass is 10.2. The molecule has 4 N–H and O–H groups in total. The third-order valence-corrected chi connectivity index (χ3v) is 2.92. The Morgan fingerprint density at radius 2 is 2.00 bits per heavy atom. The molecule has 1 heterocycles. The van der Waals surface area contributed by atoms with Crippen LogP contribution in [0.25, 0.3) is 0 Å². The maximum Gasteiger partial charge on any atom is 0.0782 e. The monoisotopic (exact) mass is 208 g/mol. The van der Waals surface area contributed by atoms with Crippen molar-refractivity contribution in [1.29, 1.82) is 0 Å². The van der Waals surface area contributed by atoms with E-state index in [0.29, 0.717) is 6.42 Å². The quantitative estimate of drug-likeness (QED) is 0.607. The van der Waals surface area contributed by atoms with Gasteiger partial charge in [0.05, 0.1) is 18.8 Å². The molecule has 15 heavy (non-hydrogen) atoms.